The topological polar surface area (TPSA) is 60.7 Å². The predicted octanol–water partition coefficient (Wildman–Crippen LogP) is 4.99. The van der Waals surface area contributed by atoms with Crippen LogP contribution in [0.15, 0.2) is 23.8 Å². The molecule has 0 saturated carbocycles. The van der Waals surface area contributed by atoms with Gasteiger partial charge in [0.1, 0.15) is 17.7 Å². The Balaban J connectivity index is 2.40. The molecule has 1 aromatic carbocycles. The van der Waals surface area contributed by atoms with Crippen LogP contribution >= 0.6 is 0 Å². The van der Waals surface area contributed by atoms with E-state index >= 15 is 0 Å². The molecule has 0 saturated heterocycles. The Morgan fingerprint density at radius 3 is 2.28 bits per heavy atom. The lowest BCUT2D eigenvalue weighted by molar-refractivity contribution is -0.00508. The van der Waals surface area contributed by atoms with Crippen molar-refractivity contribution in [2.24, 2.45) is 5.92 Å². The molecule has 0 aliphatic heterocycles. The summed E-state index contributed by atoms with van der Waals surface area (Å²) in [6, 6.07) is 3.38. The van der Waals surface area contributed by atoms with E-state index in [1.54, 1.807) is 39.0 Å². The molecule has 3 N–H and O–H groups in total. The molecule has 0 radical (unpaired) electrons. The van der Waals surface area contributed by atoms with E-state index in [2.05, 4.69) is 6.92 Å². The van der Waals surface area contributed by atoms with E-state index in [1.807, 2.05) is 0 Å². The molecule has 1 aromatic rings. The van der Waals surface area contributed by atoms with Crippen molar-refractivity contribution in [2.75, 3.05) is 0 Å². The SMILES string of the molecule is CCCCCc1cc(O)c(C2C=C(C)C(F)CC2C(C)(C)O)c(O)c1. The summed E-state index contributed by atoms with van der Waals surface area (Å²) in [6.07, 6.45) is 4.83. The Bertz CT molecular complexity index is 608. The van der Waals surface area contributed by atoms with Gasteiger partial charge in [-0.2, -0.15) is 0 Å². The van der Waals surface area contributed by atoms with Gasteiger partial charge in [-0.25, -0.2) is 4.39 Å². The van der Waals surface area contributed by atoms with E-state index < -0.39 is 23.6 Å². The Labute approximate surface area is 150 Å². The zero-order chi connectivity index (χ0) is 18.8. The molecule has 3 atom stereocenters. The molecule has 0 bridgehead atoms. The van der Waals surface area contributed by atoms with Crippen LogP contribution in [0, 0.1) is 5.92 Å². The van der Waals surface area contributed by atoms with Crippen LogP contribution in [0.3, 0.4) is 0 Å². The number of hydrogen-bond donors (Lipinski definition) is 3. The van der Waals surface area contributed by atoms with Gasteiger partial charge in [0.15, 0.2) is 0 Å². The summed E-state index contributed by atoms with van der Waals surface area (Å²) in [4.78, 5) is 0. The Kier molecular flexibility index (Phi) is 6.15. The zero-order valence-electron chi connectivity index (χ0n) is 15.7. The first-order valence-corrected chi connectivity index (χ1v) is 9.24. The van der Waals surface area contributed by atoms with Gasteiger partial charge >= 0.3 is 0 Å². The predicted molar refractivity (Wildman–Crippen MR) is 98.8 cm³/mol. The molecule has 25 heavy (non-hydrogen) atoms. The molecule has 1 aliphatic carbocycles. The molecule has 3 nitrogen and oxygen atoms in total. The number of aromatic hydroxyl groups is 2. The number of phenolic OH excluding ortho intramolecular Hbond substituents is 2. The maximum absolute atomic E-state index is 14.2. The van der Waals surface area contributed by atoms with E-state index in [4.69, 9.17) is 0 Å². The number of allylic oxidation sites excluding steroid dienone is 2. The Morgan fingerprint density at radius 2 is 1.76 bits per heavy atom. The van der Waals surface area contributed by atoms with Crippen molar-refractivity contribution in [3.05, 3.63) is 34.9 Å². The van der Waals surface area contributed by atoms with E-state index in [-0.39, 0.29) is 17.9 Å². The first-order chi connectivity index (χ1) is 11.6. The highest BCUT2D eigenvalue weighted by Crippen LogP contribution is 2.48. The summed E-state index contributed by atoms with van der Waals surface area (Å²) in [7, 11) is 0. The summed E-state index contributed by atoms with van der Waals surface area (Å²) in [5, 5.41) is 31.6. The third-order valence-corrected chi connectivity index (χ3v) is 5.34. The van der Waals surface area contributed by atoms with Crippen LogP contribution in [0.1, 0.15) is 70.4 Å². The van der Waals surface area contributed by atoms with Crippen LogP contribution in [0.4, 0.5) is 4.39 Å². The minimum absolute atomic E-state index is 0.0205. The van der Waals surface area contributed by atoms with Crippen molar-refractivity contribution in [2.45, 2.75) is 77.5 Å². The summed E-state index contributed by atoms with van der Waals surface area (Å²) in [5.41, 5.74) is 0.742. The fourth-order valence-corrected chi connectivity index (χ4v) is 3.82. The number of benzene rings is 1. The lowest BCUT2D eigenvalue weighted by Gasteiger charge is -2.39. The number of alkyl halides is 1. The largest absolute Gasteiger partial charge is 0.507 e. The third-order valence-electron chi connectivity index (χ3n) is 5.34. The van der Waals surface area contributed by atoms with Crippen molar-refractivity contribution in [1.29, 1.82) is 0 Å². The first-order valence-electron chi connectivity index (χ1n) is 9.24. The summed E-state index contributed by atoms with van der Waals surface area (Å²) >= 11 is 0. The van der Waals surface area contributed by atoms with Gasteiger partial charge in [0.2, 0.25) is 0 Å². The molecule has 3 unspecified atom stereocenters. The first kappa shape index (κ1) is 19.8. The Morgan fingerprint density at radius 1 is 1.16 bits per heavy atom. The van der Waals surface area contributed by atoms with Crippen molar-refractivity contribution in [3.63, 3.8) is 0 Å². The van der Waals surface area contributed by atoms with Crippen LogP contribution in [0.25, 0.3) is 0 Å². The normalized spacial score (nSPS) is 24.2. The summed E-state index contributed by atoms with van der Waals surface area (Å²) in [6.45, 7) is 7.15. The summed E-state index contributed by atoms with van der Waals surface area (Å²) in [5.74, 6) is -0.801. The van der Waals surface area contributed by atoms with Gasteiger partial charge in [0, 0.05) is 17.4 Å². The van der Waals surface area contributed by atoms with E-state index in [0.717, 1.165) is 31.2 Å². The second kappa shape index (κ2) is 7.77. The van der Waals surface area contributed by atoms with Gasteiger partial charge in [-0.1, -0.05) is 25.8 Å². The zero-order valence-corrected chi connectivity index (χ0v) is 15.7. The minimum Gasteiger partial charge on any atom is -0.507 e. The number of aryl methyl sites for hydroxylation is 1. The summed E-state index contributed by atoms with van der Waals surface area (Å²) < 4.78 is 14.2. The van der Waals surface area contributed by atoms with Crippen LogP contribution in [0.5, 0.6) is 11.5 Å². The third kappa shape index (κ3) is 4.55. The highest BCUT2D eigenvalue weighted by atomic mass is 19.1. The van der Waals surface area contributed by atoms with Gasteiger partial charge < -0.3 is 15.3 Å². The molecular formula is C21H31FO3. The molecule has 0 amide bonds. The number of hydrogen-bond acceptors (Lipinski definition) is 3. The molecule has 0 fully saturated rings. The lowest BCUT2D eigenvalue weighted by Crippen LogP contribution is -2.39. The van der Waals surface area contributed by atoms with Crippen LogP contribution in [-0.4, -0.2) is 27.1 Å². The van der Waals surface area contributed by atoms with Crippen molar-refractivity contribution >= 4 is 0 Å². The van der Waals surface area contributed by atoms with Crippen molar-refractivity contribution < 1.29 is 19.7 Å². The molecular weight excluding hydrogens is 319 g/mol. The Hall–Kier alpha value is -1.55. The van der Waals surface area contributed by atoms with Crippen LogP contribution in [0.2, 0.25) is 0 Å². The molecule has 1 aliphatic rings. The average Bonchev–Trinajstić information content (AvgIpc) is 2.49. The van der Waals surface area contributed by atoms with Crippen LogP contribution in [-0.2, 0) is 6.42 Å². The molecule has 0 heterocycles. The quantitative estimate of drug-likeness (QED) is 0.500. The highest BCUT2D eigenvalue weighted by molar-refractivity contribution is 5.51. The average molecular weight is 350 g/mol. The number of rotatable bonds is 6. The van der Waals surface area contributed by atoms with E-state index in [9.17, 15) is 19.7 Å². The second-order valence-corrected chi connectivity index (χ2v) is 7.90. The second-order valence-electron chi connectivity index (χ2n) is 7.90. The molecule has 2 rings (SSSR count). The van der Waals surface area contributed by atoms with Gasteiger partial charge in [-0.3, -0.25) is 0 Å². The maximum atomic E-state index is 14.2. The van der Waals surface area contributed by atoms with E-state index in [0.29, 0.717) is 11.1 Å². The maximum Gasteiger partial charge on any atom is 0.123 e. The number of phenols is 2. The molecule has 4 heteroatoms. The monoisotopic (exact) mass is 350 g/mol. The molecule has 140 valence electrons. The van der Waals surface area contributed by atoms with Crippen molar-refractivity contribution in [1.82, 2.24) is 0 Å². The molecule has 0 aromatic heterocycles. The molecule has 0 spiro atoms. The van der Waals surface area contributed by atoms with Crippen molar-refractivity contribution in [3.8, 4) is 11.5 Å². The van der Waals surface area contributed by atoms with E-state index in [1.165, 1.54) is 0 Å². The minimum atomic E-state index is -1.12. The lowest BCUT2D eigenvalue weighted by atomic mass is 9.69. The smallest absolute Gasteiger partial charge is 0.123 e. The fourth-order valence-electron chi connectivity index (χ4n) is 3.82. The number of unbranched alkanes of at least 4 members (excludes halogenated alkanes) is 2. The van der Waals surface area contributed by atoms with Gasteiger partial charge in [0.05, 0.1) is 5.60 Å². The van der Waals surface area contributed by atoms with Gasteiger partial charge in [-0.05, 0) is 63.3 Å². The van der Waals surface area contributed by atoms with Crippen LogP contribution < -0.4 is 0 Å². The number of aliphatic hydroxyl groups is 1. The fraction of sp³-hybridized carbons (Fsp3) is 0.619. The standard InChI is InChI=1S/C21H31FO3/c1-5-6-7-8-14-10-18(23)20(19(24)11-14)15-9-13(2)17(22)12-16(15)21(3,4)25/h9-11,15-17,23-25H,5-8,12H2,1-4H3. The van der Waals surface area contributed by atoms with Gasteiger partial charge in [-0.15, -0.1) is 0 Å². The van der Waals surface area contributed by atoms with Gasteiger partial charge in [0.25, 0.3) is 0 Å². The highest BCUT2D eigenvalue weighted by Gasteiger charge is 2.41. The number of halogens is 1.